The number of amides is 1. The highest BCUT2D eigenvalue weighted by atomic mass is 16.3. The van der Waals surface area contributed by atoms with Crippen molar-refractivity contribution in [1.29, 1.82) is 0 Å². The second-order valence-electron chi connectivity index (χ2n) is 8.09. The first-order valence-corrected chi connectivity index (χ1v) is 8.81. The molecule has 0 saturated heterocycles. The van der Waals surface area contributed by atoms with Gasteiger partial charge in [-0.05, 0) is 42.1 Å². The number of nitrogens with one attached hydrogen (secondary N) is 1. The SMILES string of the molecule is CC(C)C1CCC(C)(C)CC1C(=O)NCC(O)c1ccccc1. The second kappa shape index (κ2) is 7.48. The molecule has 1 aromatic carbocycles. The lowest BCUT2D eigenvalue weighted by Gasteiger charge is -2.41. The maximum absolute atomic E-state index is 12.7. The number of carbonyl (C=O) groups excluding carboxylic acids is 1. The highest BCUT2D eigenvalue weighted by molar-refractivity contribution is 5.79. The molecular weight excluding hydrogens is 286 g/mol. The molecule has 0 bridgehead atoms. The van der Waals surface area contributed by atoms with E-state index in [4.69, 9.17) is 0 Å². The Morgan fingerprint density at radius 1 is 1.30 bits per heavy atom. The van der Waals surface area contributed by atoms with Crippen LogP contribution in [0.1, 0.15) is 58.6 Å². The zero-order valence-corrected chi connectivity index (χ0v) is 14.9. The molecule has 1 aliphatic rings. The average Bonchev–Trinajstić information content (AvgIpc) is 2.51. The van der Waals surface area contributed by atoms with E-state index in [1.165, 1.54) is 6.42 Å². The molecule has 1 fully saturated rings. The highest BCUT2D eigenvalue weighted by Gasteiger charge is 2.39. The minimum atomic E-state index is -0.644. The average molecular weight is 317 g/mol. The van der Waals surface area contributed by atoms with Crippen molar-refractivity contribution < 1.29 is 9.90 Å². The van der Waals surface area contributed by atoms with E-state index in [2.05, 4.69) is 33.0 Å². The van der Waals surface area contributed by atoms with Crippen LogP contribution >= 0.6 is 0 Å². The van der Waals surface area contributed by atoms with Crippen molar-refractivity contribution in [2.45, 2.75) is 53.1 Å². The van der Waals surface area contributed by atoms with Crippen molar-refractivity contribution in [3.05, 3.63) is 35.9 Å². The second-order valence-corrected chi connectivity index (χ2v) is 8.09. The van der Waals surface area contributed by atoms with Crippen molar-refractivity contribution >= 4 is 5.91 Å². The standard InChI is InChI=1S/C20H31NO2/c1-14(2)16-10-11-20(3,4)12-17(16)19(23)21-13-18(22)15-8-6-5-7-9-15/h5-9,14,16-18,22H,10-13H2,1-4H3,(H,21,23). The molecular formula is C20H31NO2. The van der Waals surface area contributed by atoms with E-state index in [1.54, 1.807) is 0 Å². The van der Waals surface area contributed by atoms with Crippen molar-refractivity contribution in [1.82, 2.24) is 5.32 Å². The summed E-state index contributed by atoms with van der Waals surface area (Å²) in [5.74, 6) is 1.12. The summed E-state index contributed by atoms with van der Waals surface area (Å²) in [6.07, 6.45) is 2.59. The lowest BCUT2D eigenvalue weighted by molar-refractivity contribution is -0.131. The molecule has 1 aromatic rings. The van der Waals surface area contributed by atoms with Crippen LogP contribution in [0.25, 0.3) is 0 Å². The fourth-order valence-electron chi connectivity index (χ4n) is 3.81. The topological polar surface area (TPSA) is 49.3 Å². The summed E-state index contributed by atoms with van der Waals surface area (Å²) in [4.78, 5) is 12.7. The molecule has 0 radical (unpaired) electrons. The Morgan fingerprint density at radius 2 is 1.96 bits per heavy atom. The first-order chi connectivity index (χ1) is 10.8. The van der Waals surface area contributed by atoms with Crippen LogP contribution in [-0.2, 0) is 4.79 Å². The molecule has 0 spiro atoms. The summed E-state index contributed by atoms with van der Waals surface area (Å²) in [6.45, 7) is 9.21. The van der Waals surface area contributed by atoms with Crippen LogP contribution in [0, 0.1) is 23.2 Å². The molecule has 23 heavy (non-hydrogen) atoms. The van der Waals surface area contributed by atoms with Gasteiger partial charge < -0.3 is 10.4 Å². The predicted octanol–water partition coefficient (Wildman–Crippen LogP) is 3.93. The molecule has 1 amide bonds. The molecule has 2 rings (SSSR count). The van der Waals surface area contributed by atoms with Crippen LogP contribution in [-0.4, -0.2) is 17.6 Å². The molecule has 3 atom stereocenters. The number of hydrogen-bond donors (Lipinski definition) is 2. The van der Waals surface area contributed by atoms with Crippen LogP contribution < -0.4 is 5.32 Å². The molecule has 2 N–H and O–H groups in total. The van der Waals surface area contributed by atoms with Crippen molar-refractivity contribution in [3.63, 3.8) is 0 Å². The van der Waals surface area contributed by atoms with E-state index in [0.29, 0.717) is 11.8 Å². The number of benzene rings is 1. The molecule has 0 heterocycles. The number of aliphatic hydroxyl groups excluding tert-OH is 1. The van der Waals surface area contributed by atoms with Gasteiger partial charge in [0.25, 0.3) is 0 Å². The van der Waals surface area contributed by atoms with Gasteiger partial charge in [0.05, 0.1) is 6.10 Å². The fourth-order valence-corrected chi connectivity index (χ4v) is 3.81. The Kier molecular flexibility index (Phi) is 5.85. The molecule has 128 valence electrons. The molecule has 1 saturated carbocycles. The monoisotopic (exact) mass is 317 g/mol. The Balaban J connectivity index is 1.97. The number of hydrogen-bond acceptors (Lipinski definition) is 2. The van der Waals surface area contributed by atoms with Gasteiger partial charge >= 0.3 is 0 Å². The van der Waals surface area contributed by atoms with Gasteiger partial charge in [0.1, 0.15) is 0 Å². The minimum Gasteiger partial charge on any atom is -0.387 e. The van der Waals surface area contributed by atoms with Crippen LogP contribution in [0.5, 0.6) is 0 Å². The quantitative estimate of drug-likeness (QED) is 0.864. The summed E-state index contributed by atoms with van der Waals surface area (Å²) < 4.78 is 0. The zero-order chi connectivity index (χ0) is 17.0. The normalized spacial score (nSPS) is 25.1. The third-order valence-corrected chi connectivity index (χ3v) is 5.29. The number of carbonyl (C=O) groups is 1. The van der Waals surface area contributed by atoms with E-state index >= 15 is 0 Å². The van der Waals surface area contributed by atoms with Gasteiger partial charge in [0.2, 0.25) is 5.91 Å². The molecule has 1 aliphatic carbocycles. The van der Waals surface area contributed by atoms with Gasteiger partial charge in [-0.15, -0.1) is 0 Å². The van der Waals surface area contributed by atoms with Gasteiger partial charge in [-0.25, -0.2) is 0 Å². The molecule has 3 heteroatoms. The smallest absolute Gasteiger partial charge is 0.223 e. The first kappa shape index (κ1) is 18.0. The Morgan fingerprint density at radius 3 is 2.57 bits per heavy atom. The van der Waals surface area contributed by atoms with Gasteiger partial charge in [-0.2, -0.15) is 0 Å². The molecule has 0 aliphatic heterocycles. The third kappa shape index (κ3) is 4.81. The summed E-state index contributed by atoms with van der Waals surface area (Å²) in [7, 11) is 0. The lowest BCUT2D eigenvalue weighted by atomic mass is 9.64. The third-order valence-electron chi connectivity index (χ3n) is 5.29. The zero-order valence-electron chi connectivity index (χ0n) is 14.9. The molecule has 3 unspecified atom stereocenters. The molecule has 3 nitrogen and oxygen atoms in total. The maximum Gasteiger partial charge on any atom is 0.223 e. The summed E-state index contributed by atoms with van der Waals surface area (Å²) in [5.41, 5.74) is 1.07. The number of aliphatic hydroxyl groups is 1. The maximum atomic E-state index is 12.7. The Bertz CT molecular complexity index is 510. The van der Waals surface area contributed by atoms with E-state index < -0.39 is 6.10 Å². The van der Waals surface area contributed by atoms with Gasteiger partial charge in [0.15, 0.2) is 0 Å². The van der Waals surface area contributed by atoms with Crippen LogP contribution in [0.2, 0.25) is 0 Å². The number of rotatable bonds is 5. The highest BCUT2D eigenvalue weighted by Crippen LogP contribution is 2.44. The lowest BCUT2D eigenvalue weighted by Crippen LogP contribution is -2.43. The predicted molar refractivity (Wildman–Crippen MR) is 93.9 cm³/mol. The van der Waals surface area contributed by atoms with E-state index in [1.807, 2.05) is 30.3 Å². The van der Waals surface area contributed by atoms with Crippen LogP contribution in [0.3, 0.4) is 0 Å². The Hall–Kier alpha value is -1.35. The summed E-state index contributed by atoms with van der Waals surface area (Å²) >= 11 is 0. The fraction of sp³-hybridized carbons (Fsp3) is 0.650. The largest absolute Gasteiger partial charge is 0.387 e. The van der Waals surface area contributed by atoms with E-state index in [0.717, 1.165) is 18.4 Å². The summed E-state index contributed by atoms with van der Waals surface area (Å²) in [6, 6.07) is 9.50. The van der Waals surface area contributed by atoms with Crippen molar-refractivity contribution in [3.8, 4) is 0 Å². The summed E-state index contributed by atoms with van der Waals surface area (Å²) in [5, 5.41) is 13.2. The first-order valence-electron chi connectivity index (χ1n) is 8.81. The minimum absolute atomic E-state index is 0.0572. The Labute approximate surface area is 140 Å². The van der Waals surface area contributed by atoms with Crippen LogP contribution in [0.15, 0.2) is 30.3 Å². The molecule has 0 aromatic heterocycles. The van der Waals surface area contributed by atoms with Crippen LogP contribution in [0.4, 0.5) is 0 Å². The van der Waals surface area contributed by atoms with Crippen molar-refractivity contribution in [2.75, 3.05) is 6.54 Å². The van der Waals surface area contributed by atoms with E-state index in [9.17, 15) is 9.90 Å². The van der Waals surface area contributed by atoms with E-state index in [-0.39, 0.29) is 23.8 Å². The van der Waals surface area contributed by atoms with Gasteiger partial charge in [-0.1, -0.05) is 58.0 Å². The van der Waals surface area contributed by atoms with Gasteiger partial charge in [0, 0.05) is 12.5 Å². The van der Waals surface area contributed by atoms with Gasteiger partial charge in [-0.3, -0.25) is 4.79 Å². The van der Waals surface area contributed by atoms with Crippen molar-refractivity contribution in [2.24, 2.45) is 23.2 Å².